The van der Waals surface area contributed by atoms with E-state index in [9.17, 15) is 4.79 Å². The predicted octanol–water partition coefficient (Wildman–Crippen LogP) is 5.09. The number of rotatable bonds is 7. The van der Waals surface area contributed by atoms with Crippen LogP contribution in [0.15, 0.2) is 53.4 Å². The topological polar surface area (TPSA) is 32.3 Å². The second kappa shape index (κ2) is 10.2. The van der Waals surface area contributed by atoms with Crippen molar-refractivity contribution in [1.82, 2.24) is 10.2 Å². The molecule has 27 heavy (non-hydrogen) atoms. The number of amides is 1. The minimum atomic E-state index is 0.0276. The Bertz CT molecular complexity index is 725. The molecule has 3 nitrogen and oxygen atoms in total. The van der Waals surface area contributed by atoms with Crippen molar-refractivity contribution in [3.8, 4) is 0 Å². The maximum absolute atomic E-state index is 12.3. The molecule has 0 aromatic heterocycles. The molecular weight excluding hydrogens is 376 g/mol. The minimum Gasteiger partial charge on any atom is -0.352 e. The average Bonchev–Trinajstić information content (AvgIpc) is 2.69. The van der Waals surface area contributed by atoms with E-state index >= 15 is 0 Å². The molecule has 1 aliphatic heterocycles. The van der Waals surface area contributed by atoms with Crippen LogP contribution in [0.1, 0.15) is 35.2 Å². The van der Waals surface area contributed by atoms with Gasteiger partial charge in [-0.25, -0.2) is 0 Å². The van der Waals surface area contributed by atoms with Gasteiger partial charge in [0.15, 0.2) is 0 Å². The zero-order valence-electron chi connectivity index (χ0n) is 15.8. The predicted molar refractivity (Wildman–Crippen MR) is 115 cm³/mol. The highest BCUT2D eigenvalue weighted by molar-refractivity contribution is 7.98. The van der Waals surface area contributed by atoms with E-state index in [1.54, 1.807) is 11.8 Å². The van der Waals surface area contributed by atoms with Crippen molar-refractivity contribution in [3.05, 3.63) is 64.7 Å². The van der Waals surface area contributed by atoms with Gasteiger partial charge < -0.3 is 10.2 Å². The van der Waals surface area contributed by atoms with Crippen molar-refractivity contribution in [2.75, 3.05) is 26.7 Å². The molecule has 0 atom stereocenters. The molecule has 1 saturated heterocycles. The molecule has 1 fully saturated rings. The molecule has 2 aromatic carbocycles. The van der Waals surface area contributed by atoms with Crippen molar-refractivity contribution >= 4 is 29.3 Å². The molecule has 1 aliphatic rings. The number of nitrogens with zero attached hydrogens (tertiary/aromatic N) is 1. The Morgan fingerprint density at radius 1 is 1.11 bits per heavy atom. The molecule has 3 rings (SSSR count). The third kappa shape index (κ3) is 6.56. The normalized spacial score (nSPS) is 15.6. The van der Waals surface area contributed by atoms with Crippen LogP contribution in [0.3, 0.4) is 0 Å². The zero-order valence-corrected chi connectivity index (χ0v) is 17.4. The Kier molecular flexibility index (Phi) is 7.62. The van der Waals surface area contributed by atoms with Gasteiger partial charge in [0.2, 0.25) is 0 Å². The smallest absolute Gasteiger partial charge is 0.251 e. The Labute approximate surface area is 171 Å². The quantitative estimate of drug-likeness (QED) is 0.654. The third-order valence-electron chi connectivity index (χ3n) is 5.11. The van der Waals surface area contributed by atoms with Gasteiger partial charge >= 0.3 is 0 Å². The first-order chi connectivity index (χ1) is 13.1. The molecular formula is C22H27ClN2OS. The van der Waals surface area contributed by atoms with Gasteiger partial charge in [0, 0.05) is 27.8 Å². The number of halogens is 1. The van der Waals surface area contributed by atoms with Crippen molar-refractivity contribution in [2.45, 2.75) is 29.9 Å². The summed E-state index contributed by atoms with van der Waals surface area (Å²) >= 11 is 7.68. The fraction of sp³-hybridized carbons (Fsp3) is 0.409. The number of thioether (sulfide) groups is 1. The van der Waals surface area contributed by atoms with Crippen LogP contribution >= 0.6 is 23.4 Å². The average molecular weight is 403 g/mol. The van der Waals surface area contributed by atoms with E-state index in [0.29, 0.717) is 0 Å². The van der Waals surface area contributed by atoms with Gasteiger partial charge in [-0.05, 0) is 87.3 Å². The van der Waals surface area contributed by atoms with E-state index < -0.39 is 0 Å². The van der Waals surface area contributed by atoms with Crippen molar-refractivity contribution in [3.63, 3.8) is 0 Å². The summed E-state index contributed by atoms with van der Waals surface area (Å²) in [5.74, 6) is 1.65. The van der Waals surface area contributed by atoms with Gasteiger partial charge in [-0.2, -0.15) is 0 Å². The largest absolute Gasteiger partial charge is 0.352 e. The number of carbonyl (C=O) groups is 1. The number of benzene rings is 2. The number of nitrogens with one attached hydrogen (secondary N) is 1. The summed E-state index contributed by atoms with van der Waals surface area (Å²) < 4.78 is 0. The van der Waals surface area contributed by atoms with E-state index in [1.165, 1.54) is 36.4 Å². The molecule has 1 amide bonds. The molecule has 2 aromatic rings. The molecule has 1 N–H and O–H groups in total. The monoisotopic (exact) mass is 402 g/mol. The van der Waals surface area contributed by atoms with E-state index in [0.717, 1.165) is 35.2 Å². The summed E-state index contributed by atoms with van der Waals surface area (Å²) in [4.78, 5) is 15.9. The maximum atomic E-state index is 12.3. The molecule has 0 radical (unpaired) electrons. The summed E-state index contributed by atoms with van der Waals surface area (Å²) in [6.45, 7) is 3.11. The zero-order chi connectivity index (χ0) is 19.1. The van der Waals surface area contributed by atoms with Crippen LogP contribution in [-0.4, -0.2) is 37.5 Å². The SMILES string of the molecule is CN1CCC(CCNC(=O)c2ccc(CSc3ccc(Cl)cc3)cc2)CC1. The molecule has 0 aliphatic carbocycles. The van der Waals surface area contributed by atoms with Crippen molar-refractivity contribution in [2.24, 2.45) is 5.92 Å². The highest BCUT2D eigenvalue weighted by Gasteiger charge is 2.16. The number of hydrogen-bond acceptors (Lipinski definition) is 3. The first kappa shape index (κ1) is 20.2. The molecule has 144 valence electrons. The van der Waals surface area contributed by atoms with Gasteiger partial charge in [0.05, 0.1) is 0 Å². The summed E-state index contributed by atoms with van der Waals surface area (Å²) in [7, 11) is 2.18. The lowest BCUT2D eigenvalue weighted by molar-refractivity contribution is 0.0949. The highest BCUT2D eigenvalue weighted by atomic mass is 35.5. The first-order valence-electron chi connectivity index (χ1n) is 9.54. The van der Waals surface area contributed by atoms with Gasteiger partial charge in [0.25, 0.3) is 5.91 Å². The second-order valence-corrected chi connectivity index (χ2v) is 8.72. The number of hydrogen-bond donors (Lipinski definition) is 1. The van der Waals surface area contributed by atoms with Crippen LogP contribution in [0, 0.1) is 5.92 Å². The Morgan fingerprint density at radius 3 is 2.44 bits per heavy atom. The molecule has 0 saturated carbocycles. The molecule has 0 spiro atoms. The van der Waals surface area contributed by atoms with Crippen LogP contribution in [0.4, 0.5) is 0 Å². The standard InChI is InChI=1S/C22H27ClN2OS/c1-25-14-11-17(12-15-25)10-13-24-22(26)19-4-2-18(3-5-19)16-27-21-8-6-20(23)7-9-21/h2-9,17H,10-16H2,1H3,(H,24,26). The van der Waals surface area contributed by atoms with Crippen molar-refractivity contribution in [1.29, 1.82) is 0 Å². The third-order valence-corrected chi connectivity index (χ3v) is 6.45. The second-order valence-electron chi connectivity index (χ2n) is 7.23. The number of piperidine rings is 1. The van der Waals surface area contributed by atoms with E-state index in [1.807, 2.05) is 48.5 Å². The summed E-state index contributed by atoms with van der Waals surface area (Å²) in [5, 5.41) is 3.82. The lowest BCUT2D eigenvalue weighted by atomic mass is 9.94. The number of carbonyl (C=O) groups excluding carboxylic acids is 1. The fourth-order valence-electron chi connectivity index (χ4n) is 3.29. The Balaban J connectivity index is 1.41. The summed E-state index contributed by atoms with van der Waals surface area (Å²) in [6.07, 6.45) is 3.56. The fourth-order valence-corrected chi connectivity index (χ4v) is 4.27. The summed E-state index contributed by atoms with van der Waals surface area (Å²) in [6, 6.07) is 15.8. The molecule has 1 heterocycles. The molecule has 0 unspecified atom stereocenters. The van der Waals surface area contributed by atoms with Gasteiger partial charge in [-0.15, -0.1) is 11.8 Å². The first-order valence-corrected chi connectivity index (χ1v) is 10.9. The maximum Gasteiger partial charge on any atom is 0.251 e. The van der Waals surface area contributed by atoms with Crippen LogP contribution < -0.4 is 5.32 Å². The Morgan fingerprint density at radius 2 is 1.78 bits per heavy atom. The van der Waals surface area contributed by atoms with E-state index in [4.69, 9.17) is 11.6 Å². The van der Waals surface area contributed by atoms with Gasteiger partial charge in [0.1, 0.15) is 0 Å². The van der Waals surface area contributed by atoms with Crippen molar-refractivity contribution < 1.29 is 4.79 Å². The van der Waals surface area contributed by atoms with Crippen LogP contribution in [0.5, 0.6) is 0 Å². The number of likely N-dealkylation sites (tertiary alicyclic amines) is 1. The lowest BCUT2D eigenvalue weighted by Gasteiger charge is -2.28. The Hall–Kier alpha value is -1.49. The molecule has 5 heteroatoms. The van der Waals surface area contributed by atoms with Crippen LogP contribution in [-0.2, 0) is 5.75 Å². The van der Waals surface area contributed by atoms with Gasteiger partial charge in [-0.1, -0.05) is 23.7 Å². The van der Waals surface area contributed by atoms with E-state index in [-0.39, 0.29) is 5.91 Å². The van der Waals surface area contributed by atoms with Crippen LogP contribution in [0.25, 0.3) is 0 Å². The highest BCUT2D eigenvalue weighted by Crippen LogP contribution is 2.24. The lowest BCUT2D eigenvalue weighted by Crippen LogP contribution is -2.32. The molecule has 0 bridgehead atoms. The van der Waals surface area contributed by atoms with E-state index in [2.05, 4.69) is 17.3 Å². The van der Waals surface area contributed by atoms with Crippen LogP contribution in [0.2, 0.25) is 5.02 Å². The minimum absolute atomic E-state index is 0.0276. The summed E-state index contributed by atoms with van der Waals surface area (Å²) in [5.41, 5.74) is 1.94. The van der Waals surface area contributed by atoms with Gasteiger partial charge in [-0.3, -0.25) is 4.79 Å².